The van der Waals surface area contributed by atoms with Crippen LogP contribution >= 0.6 is 0 Å². The summed E-state index contributed by atoms with van der Waals surface area (Å²) in [4.78, 5) is 18.3. The zero-order valence-corrected chi connectivity index (χ0v) is 22.9. The van der Waals surface area contributed by atoms with E-state index >= 15 is 4.39 Å². The van der Waals surface area contributed by atoms with Crippen molar-refractivity contribution in [3.05, 3.63) is 71.7 Å². The Labute approximate surface area is 229 Å². The van der Waals surface area contributed by atoms with Crippen molar-refractivity contribution in [1.82, 2.24) is 24.8 Å². The van der Waals surface area contributed by atoms with E-state index in [9.17, 15) is 0 Å². The number of benzene rings is 2. The molecule has 1 aromatic heterocycles. The molecule has 2 saturated heterocycles. The maximum absolute atomic E-state index is 15.0. The molecule has 2 fully saturated rings. The Hall–Kier alpha value is -3.76. The molecule has 1 atom stereocenters. The van der Waals surface area contributed by atoms with E-state index in [1.807, 2.05) is 49.4 Å². The van der Waals surface area contributed by atoms with Gasteiger partial charge in [0.25, 0.3) is 5.88 Å². The second kappa shape index (κ2) is 12.0. The number of hydrogen-bond acceptors (Lipinski definition) is 5. The molecule has 0 radical (unpaired) electrons. The molecule has 0 bridgehead atoms. The van der Waals surface area contributed by atoms with Crippen LogP contribution in [-0.2, 0) is 0 Å². The van der Waals surface area contributed by atoms with Gasteiger partial charge in [0, 0.05) is 69.9 Å². The van der Waals surface area contributed by atoms with E-state index < -0.39 is 0 Å². The molecule has 3 aromatic rings. The summed E-state index contributed by atoms with van der Waals surface area (Å²) in [5.74, 6) is 0.888. The Kier molecular flexibility index (Phi) is 8.23. The van der Waals surface area contributed by atoms with Crippen LogP contribution < -0.4 is 5.73 Å². The average molecular weight is 533 g/mol. The van der Waals surface area contributed by atoms with Gasteiger partial charge < -0.3 is 29.9 Å². The van der Waals surface area contributed by atoms with Crippen LogP contribution in [0.3, 0.4) is 0 Å². The fourth-order valence-electron chi connectivity index (χ4n) is 4.84. The highest BCUT2D eigenvalue weighted by atomic mass is 19.1. The molecule has 0 aliphatic carbocycles. The van der Waals surface area contributed by atoms with Crippen LogP contribution in [0.2, 0.25) is 0 Å². The van der Waals surface area contributed by atoms with Gasteiger partial charge in [-0.1, -0.05) is 54.5 Å². The number of nitrogens with zero attached hydrogens (tertiary/aromatic N) is 7. The number of aromatic nitrogens is 1. The highest BCUT2D eigenvalue weighted by Crippen LogP contribution is 2.30. The van der Waals surface area contributed by atoms with E-state index in [4.69, 9.17) is 20.2 Å². The maximum Gasteiger partial charge on any atom is 0.253 e. The number of nitrogens with two attached hydrogens (primary N) is 1. The summed E-state index contributed by atoms with van der Waals surface area (Å²) in [5.41, 5.74) is 9.35. The van der Waals surface area contributed by atoms with E-state index in [0.717, 1.165) is 63.5 Å². The van der Waals surface area contributed by atoms with E-state index in [2.05, 4.69) is 38.9 Å². The molecule has 3 heterocycles. The number of piperazine rings is 2. The van der Waals surface area contributed by atoms with Crippen molar-refractivity contribution in [2.24, 2.45) is 15.7 Å². The Morgan fingerprint density at radius 3 is 2.18 bits per heavy atom. The van der Waals surface area contributed by atoms with Gasteiger partial charge in [-0.15, -0.1) is 0 Å². The largest absolute Gasteiger partial charge is 0.369 e. The van der Waals surface area contributed by atoms with Crippen LogP contribution in [0.25, 0.3) is 11.1 Å². The van der Waals surface area contributed by atoms with E-state index in [0.29, 0.717) is 29.1 Å². The van der Waals surface area contributed by atoms with Gasteiger partial charge in [0.15, 0.2) is 5.96 Å². The van der Waals surface area contributed by atoms with Crippen molar-refractivity contribution in [2.45, 2.75) is 12.8 Å². The number of rotatable bonds is 4. The van der Waals surface area contributed by atoms with Crippen LogP contribution in [0, 0.1) is 5.82 Å². The normalized spacial score (nSPS) is 19.0. The smallest absolute Gasteiger partial charge is 0.253 e. The minimum absolute atomic E-state index is 0.178. The molecule has 2 aromatic carbocycles. The van der Waals surface area contributed by atoms with Gasteiger partial charge in [0.05, 0.1) is 5.69 Å². The Morgan fingerprint density at radius 1 is 0.897 bits per heavy atom. The Morgan fingerprint density at radius 2 is 1.54 bits per heavy atom. The van der Waals surface area contributed by atoms with Crippen LogP contribution in [0.5, 0.6) is 0 Å². The summed E-state index contributed by atoms with van der Waals surface area (Å²) in [6, 6.07) is 16.7. The fourth-order valence-corrected chi connectivity index (χ4v) is 4.84. The SMILES string of the molecule is CC(c1ccc(-c2ccccc2)c(F)c1)c1cc(/N=C(\N=C(/N)N2CCN(C)CC2)N2CCN(C)CC2)on1. The lowest BCUT2D eigenvalue weighted by Gasteiger charge is -2.35. The molecule has 0 saturated carbocycles. The molecule has 5 rings (SSSR count). The summed E-state index contributed by atoms with van der Waals surface area (Å²) in [6.07, 6.45) is 0. The molecular formula is C29H37FN8O. The maximum atomic E-state index is 15.0. The third-order valence-electron chi connectivity index (χ3n) is 7.58. The minimum atomic E-state index is -0.265. The topological polar surface area (TPSA) is 89.7 Å². The molecule has 1 unspecified atom stereocenters. The third-order valence-corrected chi connectivity index (χ3v) is 7.58. The second-order valence-corrected chi connectivity index (χ2v) is 10.4. The first-order valence-electron chi connectivity index (χ1n) is 13.5. The standard InChI is InChI=1S/C29H37FN8O/c1-21(23-9-10-24(25(30)19-23)22-7-5-4-6-8-22)26-20-27(39-34-26)32-29(38-17-13-36(3)14-18-38)33-28(31)37-15-11-35(2)12-16-37/h4-10,19-21H,11-18H2,1-3H3,(H2,31,32,33). The Balaban J connectivity index is 1.37. The lowest BCUT2D eigenvalue weighted by Crippen LogP contribution is -2.51. The van der Waals surface area contributed by atoms with E-state index in [-0.39, 0.29) is 11.7 Å². The average Bonchev–Trinajstić information content (AvgIpc) is 3.42. The number of halogens is 1. The number of likely N-dealkylation sites (N-methyl/N-ethyl adjacent to an activating group) is 2. The van der Waals surface area contributed by atoms with Crippen molar-refractivity contribution in [3.63, 3.8) is 0 Å². The lowest BCUT2D eigenvalue weighted by atomic mass is 9.95. The lowest BCUT2D eigenvalue weighted by molar-refractivity contribution is 0.210. The highest BCUT2D eigenvalue weighted by molar-refractivity contribution is 5.95. The first kappa shape index (κ1) is 26.8. The summed E-state index contributed by atoms with van der Waals surface area (Å²) >= 11 is 0. The van der Waals surface area contributed by atoms with Gasteiger partial charge in [0.1, 0.15) is 5.82 Å². The summed E-state index contributed by atoms with van der Waals surface area (Å²) in [5, 5.41) is 4.26. The van der Waals surface area contributed by atoms with Gasteiger partial charge in [-0.2, -0.15) is 9.98 Å². The zero-order chi connectivity index (χ0) is 27.4. The molecule has 206 valence electrons. The van der Waals surface area contributed by atoms with Crippen LogP contribution in [-0.4, -0.2) is 103 Å². The number of guanidine groups is 2. The molecule has 0 spiro atoms. The molecule has 10 heteroatoms. The summed E-state index contributed by atoms with van der Waals surface area (Å²) < 4.78 is 20.6. The molecule has 2 aliphatic heterocycles. The van der Waals surface area contributed by atoms with Crippen LogP contribution in [0.1, 0.15) is 24.1 Å². The quantitative estimate of drug-likeness (QED) is 0.407. The van der Waals surface area contributed by atoms with Gasteiger partial charge in [-0.3, -0.25) is 0 Å². The van der Waals surface area contributed by atoms with E-state index in [1.54, 1.807) is 12.1 Å². The van der Waals surface area contributed by atoms with Gasteiger partial charge in [-0.05, 0) is 31.3 Å². The molecule has 0 amide bonds. The third kappa shape index (κ3) is 6.46. The van der Waals surface area contributed by atoms with Crippen molar-refractivity contribution in [3.8, 4) is 11.1 Å². The molecule has 2 aliphatic rings. The number of aliphatic imine (C=N–C) groups is 2. The molecule has 39 heavy (non-hydrogen) atoms. The van der Waals surface area contributed by atoms with Crippen LogP contribution in [0.15, 0.2) is 69.1 Å². The predicted molar refractivity (Wildman–Crippen MR) is 153 cm³/mol. The molecule has 2 N–H and O–H groups in total. The summed E-state index contributed by atoms with van der Waals surface area (Å²) in [7, 11) is 4.21. The van der Waals surface area contributed by atoms with Crippen molar-refractivity contribution in [2.75, 3.05) is 66.5 Å². The van der Waals surface area contributed by atoms with Crippen LogP contribution in [0.4, 0.5) is 10.3 Å². The van der Waals surface area contributed by atoms with Crippen molar-refractivity contribution in [1.29, 1.82) is 0 Å². The summed E-state index contributed by atoms with van der Waals surface area (Å²) in [6.45, 7) is 8.90. The second-order valence-electron chi connectivity index (χ2n) is 10.4. The zero-order valence-electron chi connectivity index (χ0n) is 22.9. The van der Waals surface area contributed by atoms with Crippen molar-refractivity contribution >= 4 is 17.8 Å². The van der Waals surface area contributed by atoms with E-state index in [1.165, 1.54) is 0 Å². The first-order valence-corrected chi connectivity index (χ1v) is 13.5. The number of hydrogen-bond donors (Lipinski definition) is 1. The monoisotopic (exact) mass is 532 g/mol. The van der Waals surface area contributed by atoms with Gasteiger partial charge in [-0.25, -0.2) is 4.39 Å². The van der Waals surface area contributed by atoms with Gasteiger partial charge >= 0.3 is 0 Å². The predicted octanol–water partition coefficient (Wildman–Crippen LogP) is 3.43. The van der Waals surface area contributed by atoms with Crippen molar-refractivity contribution < 1.29 is 8.91 Å². The molecular weight excluding hydrogens is 495 g/mol. The Bertz CT molecular complexity index is 1310. The fraction of sp³-hybridized carbons (Fsp3) is 0.414. The first-order chi connectivity index (χ1) is 18.9. The van der Waals surface area contributed by atoms with Gasteiger partial charge in [0.2, 0.25) is 5.96 Å². The molecule has 9 nitrogen and oxygen atoms in total. The minimum Gasteiger partial charge on any atom is -0.369 e. The highest BCUT2D eigenvalue weighted by Gasteiger charge is 2.22.